The molecule has 6 heteroatoms. The lowest BCUT2D eigenvalue weighted by Crippen LogP contribution is -2.22. The number of nitro groups is 1. The molecule has 1 aliphatic carbocycles. The number of aliphatic carboxylic acids is 1. The van der Waals surface area contributed by atoms with E-state index in [1.807, 2.05) is 0 Å². The Morgan fingerprint density at radius 2 is 2.00 bits per heavy atom. The second-order valence-corrected chi connectivity index (χ2v) is 4.86. The summed E-state index contributed by atoms with van der Waals surface area (Å²) in [4.78, 5) is 21.0. The largest absolute Gasteiger partial charge is 0.481 e. The van der Waals surface area contributed by atoms with Crippen molar-refractivity contribution in [3.8, 4) is 0 Å². The van der Waals surface area contributed by atoms with Crippen molar-refractivity contribution in [1.82, 2.24) is 0 Å². The molecule has 2 atom stereocenters. The maximum Gasteiger partial charge on any atom is 0.315 e. The maximum atomic E-state index is 11.1. The average Bonchev–Trinajstić information content (AvgIpc) is 2.92. The normalized spacial score (nSPS) is 27.4. The van der Waals surface area contributed by atoms with E-state index in [4.69, 9.17) is 5.11 Å². The zero-order chi connectivity index (χ0) is 11.9. The molecule has 0 saturated heterocycles. The van der Waals surface area contributed by atoms with Crippen LogP contribution in [0.1, 0.15) is 12.0 Å². The van der Waals surface area contributed by atoms with Gasteiger partial charge in [-0.25, -0.2) is 0 Å². The summed E-state index contributed by atoms with van der Waals surface area (Å²) in [6.07, 6.45) is 0.514. The summed E-state index contributed by atoms with van der Waals surface area (Å²) in [6, 6.07) is 5.68. The fourth-order valence-electron chi connectivity index (χ4n) is 1.75. The molecule has 1 saturated carbocycles. The van der Waals surface area contributed by atoms with Gasteiger partial charge in [-0.15, -0.1) is 0 Å². The first-order chi connectivity index (χ1) is 7.48. The van der Waals surface area contributed by atoms with Crippen molar-refractivity contribution in [1.29, 1.82) is 0 Å². The molecule has 16 heavy (non-hydrogen) atoms. The van der Waals surface area contributed by atoms with Crippen molar-refractivity contribution < 1.29 is 14.8 Å². The van der Waals surface area contributed by atoms with E-state index in [-0.39, 0.29) is 10.5 Å². The number of halogens is 1. The van der Waals surface area contributed by atoms with Crippen LogP contribution < -0.4 is 0 Å². The van der Waals surface area contributed by atoms with Gasteiger partial charge in [0.05, 0.1) is 4.92 Å². The van der Waals surface area contributed by atoms with Crippen LogP contribution in [0.25, 0.3) is 0 Å². The van der Waals surface area contributed by atoms with Gasteiger partial charge in [-0.1, -0.05) is 28.1 Å². The minimum absolute atomic E-state index is 0.0314. The van der Waals surface area contributed by atoms with E-state index in [2.05, 4.69) is 15.9 Å². The van der Waals surface area contributed by atoms with Crippen LogP contribution in [0.15, 0.2) is 24.3 Å². The topological polar surface area (TPSA) is 80.4 Å². The van der Waals surface area contributed by atoms with Gasteiger partial charge in [0, 0.05) is 17.0 Å². The average molecular weight is 286 g/mol. The number of carboxylic acid groups (broad SMARTS) is 1. The molecule has 2 rings (SSSR count). The predicted molar refractivity (Wildman–Crippen MR) is 59.7 cm³/mol. The van der Waals surface area contributed by atoms with E-state index in [1.165, 1.54) is 24.3 Å². The fourth-order valence-corrected chi connectivity index (χ4v) is 2.72. The van der Waals surface area contributed by atoms with Crippen LogP contribution in [0.2, 0.25) is 0 Å². The molecule has 1 aromatic carbocycles. The standard InChI is InChI=1S/C10H8BrNO4/c11-8-5-10(8,9(13)14)6-1-3-7(4-2-6)12(15)16/h1-4,8H,5H2,(H,13,14). The summed E-state index contributed by atoms with van der Waals surface area (Å²) in [5, 5.41) is 19.6. The van der Waals surface area contributed by atoms with Crippen LogP contribution in [0.4, 0.5) is 5.69 Å². The molecule has 0 amide bonds. The van der Waals surface area contributed by atoms with E-state index < -0.39 is 16.3 Å². The highest BCUT2D eigenvalue weighted by molar-refractivity contribution is 9.09. The fraction of sp³-hybridized carbons (Fsp3) is 0.300. The van der Waals surface area contributed by atoms with Gasteiger partial charge < -0.3 is 5.11 Å². The molecular weight excluding hydrogens is 278 g/mol. The van der Waals surface area contributed by atoms with E-state index in [0.29, 0.717) is 12.0 Å². The number of hydrogen-bond acceptors (Lipinski definition) is 3. The molecule has 84 valence electrons. The molecular formula is C10H8BrNO4. The number of alkyl halides is 1. The van der Waals surface area contributed by atoms with Gasteiger partial charge in [-0.05, 0) is 12.0 Å². The Bertz CT molecular complexity index is 458. The van der Waals surface area contributed by atoms with Crippen LogP contribution in [0, 0.1) is 10.1 Å². The van der Waals surface area contributed by atoms with Crippen molar-refractivity contribution in [2.24, 2.45) is 0 Å². The first kappa shape index (κ1) is 11.1. The number of carboxylic acids is 1. The number of non-ortho nitro benzene ring substituents is 1. The van der Waals surface area contributed by atoms with Crippen molar-refractivity contribution in [3.05, 3.63) is 39.9 Å². The van der Waals surface area contributed by atoms with E-state index in [0.717, 1.165) is 0 Å². The van der Waals surface area contributed by atoms with Crippen molar-refractivity contribution in [3.63, 3.8) is 0 Å². The van der Waals surface area contributed by atoms with Gasteiger partial charge in [-0.3, -0.25) is 14.9 Å². The lowest BCUT2D eigenvalue weighted by Gasteiger charge is -2.10. The van der Waals surface area contributed by atoms with Crippen molar-refractivity contribution in [2.75, 3.05) is 0 Å². The van der Waals surface area contributed by atoms with Crippen LogP contribution >= 0.6 is 15.9 Å². The highest BCUT2D eigenvalue weighted by Crippen LogP contribution is 2.53. The van der Waals surface area contributed by atoms with Gasteiger partial charge in [0.25, 0.3) is 5.69 Å². The molecule has 2 unspecified atom stereocenters. The van der Waals surface area contributed by atoms with Gasteiger partial charge in [-0.2, -0.15) is 0 Å². The molecule has 0 heterocycles. The number of hydrogen-bond donors (Lipinski definition) is 1. The molecule has 0 aromatic heterocycles. The summed E-state index contributed by atoms with van der Waals surface area (Å²) < 4.78 is 0. The van der Waals surface area contributed by atoms with E-state index in [9.17, 15) is 14.9 Å². The Labute approximate surface area is 99.4 Å². The van der Waals surface area contributed by atoms with Crippen LogP contribution in [0.3, 0.4) is 0 Å². The van der Waals surface area contributed by atoms with E-state index >= 15 is 0 Å². The summed E-state index contributed by atoms with van der Waals surface area (Å²) in [6.45, 7) is 0. The smallest absolute Gasteiger partial charge is 0.315 e. The zero-order valence-corrected chi connectivity index (χ0v) is 9.68. The lowest BCUT2D eigenvalue weighted by atomic mass is 9.96. The minimum atomic E-state index is -0.908. The van der Waals surface area contributed by atoms with Gasteiger partial charge in [0.2, 0.25) is 0 Å². The Morgan fingerprint density at radius 3 is 2.31 bits per heavy atom. The van der Waals surface area contributed by atoms with Crippen molar-refractivity contribution >= 4 is 27.6 Å². The van der Waals surface area contributed by atoms with Crippen LogP contribution in [0.5, 0.6) is 0 Å². The van der Waals surface area contributed by atoms with Crippen LogP contribution in [-0.4, -0.2) is 20.8 Å². The second-order valence-electron chi connectivity index (χ2n) is 3.75. The third-order valence-corrected chi connectivity index (χ3v) is 3.96. The molecule has 1 aromatic rings. The predicted octanol–water partition coefficient (Wildman–Crippen LogP) is 2.08. The van der Waals surface area contributed by atoms with Gasteiger partial charge in [0.1, 0.15) is 5.41 Å². The highest BCUT2D eigenvalue weighted by Gasteiger charge is 2.60. The van der Waals surface area contributed by atoms with E-state index in [1.54, 1.807) is 0 Å². The van der Waals surface area contributed by atoms with Gasteiger partial charge in [0.15, 0.2) is 0 Å². The number of rotatable bonds is 3. The molecule has 1 aliphatic rings. The third-order valence-electron chi connectivity index (χ3n) is 2.85. The van der Waals surface area contributed by atoms with Gasteiger partial charge >= 0.3 is 5.97 Å². The first-order valence-corrected chi connectivity index (χ1v) is 5.52. The summed E-state index contributed by atoms with van der Waals surface area (Å²) in [7, 11) is 0. The Hall–Kier alpha value is -1.43. The monoisotopic (exact) mass is 285 g/mol. The summed E-state index contributed by atoms with van der Waals surface area (Å²) >= 11 is 3.28. The quantitative estimate of drug-likeness (QED) is 0.524. The third kappa shape index (κ3) is 1.49. The second kappa shape index (κ2) is 3.55. The zero-order valence-electron chi connectivity index (χ0n) is 8.09. The highest BCUT2D eigenvalue weighted by atomic mass is 79.9. The molecule has 0 spiro atoms. The summed E-state index contributed by atoms with van der Waals surface area (Å²) in [5.74, 6) is -0.900. The van der Waals surface area contributed by atoms with Crippen LogP contribution in [-0.2, 0) is 10.2 Å². The Kier molecular flexibility index (Phi) is 2.46. The maximum absolute atomic E-state index is 11.1. The molecule has 0 bridgehead atoms. The number of benzene rings is 1. The molecule has 0 radical (unpaired) electrons. The summed E-state index contributed by atoms with van der Waals surface area (Å²) in [5.41, 5.74) is -0.335. The molecule has 1 N–H and O–H groups in total. The molecule has 1 fully saturated rings. The number of carbonyl (C=O) groups is 1. The number of nitro benzene ring substituents is 1. The minimum Gasteiger partial charge on any atom is -0.481 e. The lowest BCUT2D eigenvalue weighted by molar-refractivity contribution is -0.384. The Morgan fingerprint density at radius 1 is 1.50 bits per heavy atom. The first-order valence-electron chi connectivity index (χ1n) is 4.61. The molecule has 5 nitrogen and oxygen atoms in total. The Balaban J connectivity index is 2.35. The van der Waals surface area contributed by atoms with Crippen molar-refractivity contribution in [2.45, 2.75) is 16.7 Å². The number of nitrogens with zero attached hydrogens (tertiary/aromatic N) is 1. The SMILES string of the molecule is O=C(O)C1(c2ccc([N+](=O)[O-])cc2)CC1Br. The molecule has 0 aliphatic heterocycles.